The molecule has 19 heavy (non-hydrogen) atoms. The number of rotatable bonds is 6. The van der Waals surface area contributed by atoms with Crippen molar-refractivity contribution >= 4 is 11.9 Å². The molecule has 3 N–H and O–H groups in total. The quantitative estimate of drug-likeness (QED) is 0.537. The molecule has 1 aromatic carbocycles. The minimum atomic E-state index is -1.12. The number of carboxylic acid groups (broad SMARTS) is 1. The van der Waals surface area contributed by atoms with Crippen LogP contribution in [0.15, 0.2) is 24.3 Å². The van der Waals surface area contributed by atoms with Crippen molar-refractivity contribution in [3.8, 4) is 5.75 Å². The van der Waals surface area contributed by atoms with Gasteiger partial charge in [0.05, 0.1) is 11.7 Å². The molecular weight excluding hydrogens is 439 g/mol. The first-order valence-corrected chi connectivity index (χ1v) is 5.40. The normalized spacial score (nSPS) is 11.1. The van der Waals surface area contributed by atoms with E-state index in [0.29, 0.717) is 0 Å². The zero-order valence-corrected chi connectivity index (χ0v) is 16.1. The average molecular weight is 454 g/mol. The van der Waals surface area contributed by atoms with E-state index in [9.17, 15) is 9.59 Å². The Labute approximate surface area is 131 Å². The van der Waals surface area contributed by atoms with E-state index in [0.717, 1.165) is 0 Å². The van der Waals surface area contributed by atoms with Crippen molar-refractivity contribution in [3.05, 3.63) is 29.8 Å². The number of aliphatic hydroxyl groups is 1. The summed E-state index contributed by atoms with van der Waals surface area (Å²) in [6, 6.07) is 6.32. The molecule has 6 nitrogen and oxygen atoms in total. The predicted molar refractivity (Wildman–Crippen MR) is 63.6 cm³/mol. The van der Waals surface area contributed by atoms with Gasteiger partial charge in [0.1, 0.15) is 5.75 Å². The van der Waals surface area contributed by atoms with Gasteiger partial charge in [-0.25, -0.2) is 4.79 Å². The van der Waals surface area contributed by atoms with E-state index >= 15 is 0 Å². The molecule has 0 aliphatic heterocycles. The monoisotopic (exact) mass is 455 g/mol. The van der Waals surface area contributed by atoms with Crippen LogP contribution in [0.5, 0.6) is 5.75 Å². The topological polar surface area (TPSA) is 95.9 Å². The first-order chi connectivity index (χ1) is 8.50. The predicted octanol–water partition coefficient (Wildman–Crippen LogP) is 0.258. The van der Waals surface area contributed by atoms with Crippen molar-refractivity contribution in [2.45, 2.75) is 13.0 Å². The van der Waals surface area contributed by atoms with Crippen LogP contribution in [0.25, 0.3) is 0 Å². The second-order valence-electron chi connectivity index (χ2n) is 3.74. The van der Waals surface area contributed by atoms with Crippen LogP contribution in [-0.2, 0) is 32.5 Å². The number of hydrogen-bond donors (Lipinski definition) is 3. The first-order valence-electron chi connectivity index (χ1n) is 5.40. The Hall–Kier alpha value is -1.14. The summed E-state index contributed by atoms with van der Waals surface area (Å²) in [4.78, 5) is 22.2. The number of aliphatic hydroxyl groups excluding tert-OH is 1. The molecule has 0 aliphatic carbocycles. The third-order valence-electron chi connectivity index (χ3n) is 2.04. The molecule has 1 aromatic rings. The van der Waals surface area contributed by atoms with E-state index in [1.165, 1.54) is 12.1 Å². The maximum Gasteiger partial charge on any atom is 1.00 e. The molecule has 1 radical (unpaired) electrons. The van der Waals surface area contributed by atoms with Crippen molar-refractivity contribution in [2.75, 3.05) is 13.2 Å². The van der Waals surface area contributed by atoms with Crippen molar-refractivity contribution in [2.24, 2.45) is 0 Å². The number of hydrogen-bond acceptors (Lipinski definition) is 4. The zero-order chi connectivity index (χ0) is 13.5. The number of ether oxygens (including phenoxy) is 1. The summed E-state index contributed by atoms with van der Waals surface area (Å²) in [7, 11) is 0. The Kier molecular flexibility index (Phi) is 8.34. The minimum absolute atomic E-state index is 0. The van der Waals surface area contributed by atoms with Crippen LogP contribution in [0.4, 0.5) is 0 Å². The maximum absolute atomic E-state index is 11.8. The number of amides is 1. The number of carbonyl (C=O) groups is 2. The Balaban J connectivity index is 0.00000324. The van der Waals surface area contributed by atoms with Gasteiger partial charge in [-0.05, 0) is 19.1 Å². The van der Waals surface area contributed by atoms with Gasteiger partial charge in [0.15, 0.2) is 6.61 Å². The van der Waals surface area contributed by atoms with Gasteiger partial charge in [-0.1, -0.05) is 12.1 Å². The standard InChI is InChI=1S/C12H15NO5.Hg/c1-8(14)6-13-12(17)9-4-2-3-5-10(9)18-7-11(15)16;/h2-5,8,14H,6-7H2,1H3,(H,13,17)(H,15,16);/q;+1. The van der Waals surface area contributed by atoms with Crippen LogP contribution in [0, 0.1) is 0 Å². The summed E-state index contributed by atoms with van der Waals surface area (Å²) in [5.74, 6) is -1.34. The Morgan fingerprint density at radius 1 is 1.37 bits per heavy atom. The largest absolute Gasteiger partial charge is 1.00 e. The Morgan fingerprint density at radius 2 is 2.00 bits per heavy atom. The molecule has 0 saturated carbocycles. The second kappa shape index (κ2) is 8.87. The van der Waals surface area contributed by atoms with Crippen LogP contribution >= 0.6 is 0 Å². The molecule has 1 amide bonds. The summed E-state index contributed by atoms with van der Waals surface area (Å²) in [6.07, 6.45) is -0.652. The van der Waals surface area contributed by atoms with Gasteiger partial charge in [0.2, 0.25) is 0 Å². The maximum atomic E-state index is 11.8. The van der Waals surface area contributed by atoms with E-state index in [2.05, 4.69) is 5.32 Å². The van der Waals surface area contributed by atoms with Gasteiger partial charge < -0.3 is 20.3 Å². The van der Waals surface area contributed by atoms with Crippen molar-refractivity contribution in [1.29, 1.82) is 0 Å². The number of aliphatic carboxylic acids is 1. The van der Waals surface area contributed by atoms with Crippen LogP contribution in [0.2, 0.25) is 0 Å². The van der Waals surface area contributed by atoms with Gasteiger partial charge in [-0.3, -0.25) is 4.79 Å². The summed E-state index contributed by atoms with van der Waals surface area (Å²) in [5.41, 5.74) is 0.236. The third kappa shape index (κ3) is 6.54. The summed E-state index contributed by atoms with van der Waals surface area (Å²) in [5, 5.41) is 20.1. The number of nitrogens with one attached hydrogen (secondary N) is 1. The smallest absolute Gasteiger partial charge is 0.481 e. The molecule has 0 bridgehead atoms. The molecule has 0 aliphatic rings. The van der Waals surface area contributed by atoms with Gasteiger partial charge in [0.25, 0.3) is 5.91 Å². The van der Waals surface area contributed by atoms with E-state index in [1.807, 2.05) is 0 Å². The SMILES string of the molecule is CC(O)CNC(=O)c1ccccc1OCC(=O)O.[Hg+]. The Morgan fingerprint density at radius 3 is 2.58 bits per heavy atom. The van der Waals surface area contributed by atoms with Gasteiger partial charge >= 0.3 is 33.6 Å². The summed E-state index contributed by atoms with van der Waals surface area (Å²) < 4.78 is 5.00. The van der Waals surface area contributed by atoms with Gasteiger partial charge in [0, 0.05) is 6.54 Å². The molecule has 0 aromatic heterocycles. The molecule has 0 spiro atoms. The molecule has 0 heterocycles. The Bertz CT molecular complexity index is 436. The molecule has 1 rings (SSSR count). The summed E-state index contributed by atoms with van der Waals surface area (Å²) in [6.45, 7) is 1.15. The van der Waals surface area contributed by atoms with Crippen LogP contribution in [-0.4, -0.2) is 41.3 Å². The van der Waals surface area contributed by atoms with Gasteiger partial charge in [-0.2, -0.15) is 0 Å². The van der Waals surface area contributed by atoms with Crippen LogP contribution in [0.1, 0.15) is 17.3 Å². The van der Waals surface area contributed by atoms with E-state index < -0.39 is 24.6 Å². The molecule has 99 valence electrons. The van der Waals surface area contributed by atoms with E-state index in [1.54, 1.807) is 19.1 Å². The minimum Gasteiger partial charge on any atom is -0.481 e. The molecule has 7 heteroatoms. The fourth-order valence-corrected chi connectivity index (χ4v) is 1.26. The fourth-order valence-electron chi connectivity index (χ4n) is 1.26. The van der Waals surface area contributed by atoms with Crippen LogP contribution in [0.3, 0.4) is 0 Å². The average Bonchev–Trinajstić information content (AvgIpc) is 2.33. The third-order valence-corrected chi connectivity index (χ3v) is 2.04. The van der Waals surface area contributed by atoms with E-state index in [-0.39, 0.29) is 45.5 Å². The van der Waals surface area contributed by atoms with Crippen LogP contribution < -0.4 is 10.1 Å². The number of benzene rings is 1. The van der Waals surface area contributed by atoms with E-state index in [4.69, 9.17) is 14.9 Å². The molecule has 1 unspecified atom stereocenters. The zero-order valence-electron chi connectivity index (χ0n) is 10.6. The molecular formula is C12H15HgNO5+. The number of para-hydroxylation sites is 1. The summed E-state index contributed by atoms with van der Waals surface area (Å²) >= 11 is 0. The van der Waals surface area contributed by atoms with Crippen molar-refractivity contribution < 1.29 is 52.2 Å². The molecule has 1 atom stereocenters. The van der Waals surface area contributed by atoms with Crippen molar-refractivity contribution in [1.82, 2.24) is 5.32 Å². The number of carbonyl (C=O) groups excluding carboxylic acids is 1. The number of carboxylic acids is 1. The van der Waals surface area contributed by atoms with Gasteiger partial charge in [-0.15, -0.1) is 0 Å². The molecule has 0 fully saturated rings. The second-order valence-corrected chi connectivity index (χ2v) is 3.74. The van der Waals surface area contributed by atoms with Crippen molar-refractivity contribution in [3.63, 3.8) is 0 Å². The first kappa shape index (κ1) is 17.9. The molecule has 0 saturated heterocycles. The fraction of sp³-hybridized carbons (Fsp3) is 0.333.